The largest absolute Gasteiger partial charge is 0.274 e. The van der Waals surface area contributed by atoms with Gasteiger partial charge in [0.15, 0.2) is 0 Å². The van der Waals surface area contributed by atoms with Gasteiger partial charge in [0.25, 0.3) is 7.42 Å². The third-order valence-electron chi connectivity index (χ3n) is 2.19. The predicted octanol–water partition coefficient (Wildman–Crippen LogP) is 4.49. The van der Waals surface area contributed by atoms with E-state index >= 15 is 0 Å². The minimum atomic E-state index is -1.20. The molecule has 1 unspecified atom stereocenters. The maximum atomic E-state index is 5.86. The van der Waals surface area contributed by atoms with Gasteiger partial charge in [-0.15, -0.1) is 33.8 Å². The van der Waals surface area contributed by atoms with Crippen molar-refractivity contribution in [1.82, 2.24) is 0 Å². The molecule has 4 heteroatoms. The number of alkyl halides is 1. The van der Waals surface area contributed by atoms with Crippen LogP contribution in [0.15, 0.2) is 24.3 Å². The Morgan fingerprint density at radius 3 is 2.50 bits per heavy atom. The molecule has 0 fully saturated rings. The Morgan fingerprint density at radius 2 is 1.93 bits per heavy atom. The molecule has 0 aliphatic heterocycles. The summed E-state index contributed by atoms with van der Waals surface area (Å²) in [7, 11) is -1.20. The summed E-state index contributed by atoms with van der Waals surface area (Å²) in [5.41, 5.74) is 2.45. The van der Waals surface area contributed by atoms with Crippen LogP contribution in [0.5, 0.6) is 0 Å². The smallest absolute Gasteiger partial charge is 0.147 e. The fraction of sp³-hybridized carbons (Fsp3) is 0.400. The van der Waals surface area contributed by atoms with E-state index in [1.807, 2.05) is 18.2 Å². The van der Waals surface area contributed by atoms with Gasteiger partial charge in [0, 0.05) is 5.88 Å². The SMILES string of the molecule is CC(C[Si](Cl)Cl)c1ccccc1CCl. The maximum Gasteiger partial charge on any atom is 0.274 e. The van der Waals surface area contributed by atoms with Gasteiger partial charge in [0.05, 0.1) is 0 Å². The van der Waals surface area contributed by atoms with E-state index in [0.717, 1.165) is 6.04 Å². The number of rotatable bonds is 4. The highest BCUT2D eigenvalue weighted by atomic mass is 35.7. The first-order valence-electron chi connectivity index (χ1n) is 4.45. The van der Waals surface area contributed by atoms with Gasteiger partial charge in [0.1, 0.15) is 0 Å². The lowest BCUT2D eigenvalue weighted by Crippen LogP contribution is -2.03. The highest BCUT2D eigenvalue weighted by Gasteiger charge is 2.14. The minimum absolute atomic E-state index is 0.397. The molecule has 1 aromatic carbocycles. The van der Waals surface area contributed by atoms with E-state index in [1.165, 1.54) is 11.1 Å². The van der Waals surface area contributed by atoms with Crippen molar-refractivity contribution in [3.8, 4) is 0 Å². The zero-order valence-corrected chi connectivity index (χ0v) is 11.2. The number of benzene rings is 1. The van der Waals surface area contributed by atoms with Gasteiger partial charge >= 0.3 is 0 Å². The number of hydrogen-bond acceptors (Lipinski definition) is 0. The minimum Gasteiger partial charge on any atom is -0.147 e. The molecule has 1 rings (SSSR count). The lowest BCUT2D eigenvalue weighted by molar-refractivity contribution is 0.849. The molecule has 0 aliphatic carbocycles. The average Bonchev–Trinajstić information content (AvgIpc) is 2.16. The van der Waals surface area contributed by atoms with Gasteiger partial charge in [-0.1, -0.05) is 31.2 Å². The molecule has 0 saturated carbocycles. The predicted molar refractivity (Wildman–Crippen MR) is 66.7 cm³/mol. The first kappa shape index (κ1) is 12.4. The van der Waals surface area contributed by atoms with Crippen molar-refractivity contribution in [3.63, 3.8) is 0 Å². The molecule has 0 saturated heterocycles. The van der Waals surface area contributed by atoms with Crippen LogP contribution in [-0.2, 0) is 5.88 Å². The molecule has 0 aromatic heterocycles. The first-order chi connectivity index (χ1) is 6.65. The van der Waals surface area contributed by atoms with Crippen molar-refractivity contribution >= 4 is 41.2 Å². The molecule has 0 aliphatic rings. The summed E-state index contributed by atoms with van der Waals surface area (Å²) < 4.78 is 0. The monoisotopic (exact) mass is 265 g/mol. The molecule has 1 aromatic rings. The average molecular weight is 267 g/mol. The van der Waals surface area contributed by atoms with Crippen molar-refractivity contribution in [2.75, 3.05) is 0 Å². The quantitative estimate of drug-likeness (QED) is 0.428. The van der Waals surface area contributed by atoms with E-state index in [9.17, 15) is 0 Å². The second kappa shape index (κ2) is 6.01. The molecule has 0 amide bonds. The fourth-order valence-electron chi connectivity index (χ4n) is 1.48. The van der Waals surface area contributed by atoms with Crippen LogP contribution in [0, 0.1) is 0 Å². The summed E-state index contributed by atoms with van der Waals surface area (Å²) in [5, 5.41) is 0. The second-order valence-electron chi connectivity index (χ2n) is 3.28. The normalized spacial score (nSPS) is 13.2. The number of hydrogen-bond donors (Lipinski definition) is 0. The molecular formula is C10H12Cl3Si. The molecule has 0 heterocycles. The van der Waals surface area contributed by atoms with Crippen LogP contribution >= 0.6 is 33.8 Å². The highest BCUT2D eigenvalue weighted by molar-refractivity contribution is 7.33. The summed E-state index contributed by atoms with van der Waals surface area (Å²) >= 11 is 17.6. The van der Waals surface area contributed by atoms with Gasteiger partial charge in [-0.05, 0) is 23.1 Å². The third-order valence-corrected chi connectivity index (χ3v) is 4.33. The van der Waals surface area contributed by atoms with Gasteiger partial charge < -0.3 is 0 Å². The van der Waals surface area contributed by atoms with Crippen molar-refractivity contribution in [3.05, 3.63) is 35.4 Å². The third kappa shape index (κ3) is 3.47. The molecule has 0 spiro atoms. The van der Waals surface area contributed by atoms with E-state index in [1.54, 1.807) is 0 Å². The maximum absolute atomic E-state index is 5.86. The van der Waals surface area contributed by atoms with Crippen molar-refractivity contribution < 1.29 is 0 Å². The molecule has 1 radical (unpaired) electrons. The van der Waals surface area contributed by atoms with E-state index in [-0.39, 0.29) is 0 Å². The second-order valence-corrected chi connectivity index (χ2v) is 7.95. The van der Waals surface area contributed by atoms with Crippen LogP contribution in [0.25, 0.3) is 0 Å². The highest BCUT2D eigenvalue weighted by Crippen LogP contribution is 2.27. The van der Waals surface area contributed by atoms with Gasteiger partial charge in [0.2, 0.25) is 0 Å². The zero-order chi connectivity index (χ0) is 10.6. The zero-order valence-electron chi connectivity index (χ0n) is 7.93. The van der Waals surface area contributed by atoms with Crippen LogP contribution < -0.4 is 0 Å². The first-order valence-corrected chi connectivity index (χ1v) is 8.72. The van der Waals surface area contributed by atoms with E-state index in [0.29, 0.717) is 11.8 Å². The Hall–Kier alpha value is 0.307. The van der Waals surface area contributed by atoms with Gasteiger partial charge in [-0.25, -0.2) is 0 Å². The van der Waals surface area contributed by atoms with E-state index in [4.69, 9.17) is 33.8 Å². The molecule has 1 atom stereocenters. The standard InChI is InChI=1S/C10H12Cl3Si/c1-8(7-14(12)13)10-5-3-2-4-9(10)6-11/h2-5,8H,6-7H2,1H3. The lowest BCUT2D eigenvalue weighted by Gasteiger charge is -2.14. The Bertz CT molecular complexity index is 288. The molecule has 0 N–H and O–H groups in total. The summed E-state index contributed by atoms with van der Waals surface area (Å²) in [6, 6.07) is 9.04. The van der Waals surface area contributed by atoms with Crippen molar-refractivity contribution in [2.45, 2.75) is 24.8 Å². The Kier molecular flexibility index (Phi) is 5.32. The van der Waals surface area contributed by atoms with Crippen LogP contribution in [0.1, 0.15) is 24.0 Å². The summed E-state index contributed by atoms with van der Waals surface area (Å²) in [5.74, 6) is 0.946. The van der Waals surface area contributed by atoms with Crippen LogP contribution in [-0.4, -0.2) is 7.42 Å². The molecule has 14 heavy (non-hydrogen) atoms. The lowest BCUT2D eigenvalue weighted by atomic mass is 9.98. The van der Waals surface area contributed by atoms with Crippen LogP contribution in [0.3, 0.4) is 0 Å². The van der Waals surface area contributed by atoms with Gasteiger partial charge in [-0.3, -0.25) is 0 Å². The summed E-state index contributed by atoms with van der Waals surface area (Å²) in [6.07, 6.45) is 0. The summed E-state index contributed by atoms with van der Waals surface area (Å²) in [6.45, 7) is 2.14. The Labute approximate surface area is 101 Å². The number of halogens is 3. The Balaban J connectivity index is 2.82. The van der Waals surface area contributed by atoms with Crippen LogP contribution in [0.2, 0.25) is 6.04 Å². The summed E-state index contributed by atoms with van der Waals surface area (Å²) in [4.78, 5) is 0. The molecule has 0 bridgehead atoms. The topological polar surface area (TPSA) is 0 Å². The van der Waals surface area contributed by atoms with Gasteiger partial charge in [-0.2, -0.15) is 0 Å². The Morgan fingerprint density at radius 1 is 1.29 bits per heavy atom. The molecule has 0 nitrogen and oxygen atoms in total. The van der Waals surface area contributed by atoms with Crippen molar-refractivity contribution in [2.24, 2.45) is 0 Å². The molecular weight excluding hydrogens is 255 g/mol. The van der Waals surface area contributed by atoms with E-state index in [2.05, 4.69) is 13.0 Å². The fourth-order valence-corrected chi connectivity index (χ4v) is 3.79. The van der Waals surface area contributed by atoms with E-state index < -0.39 is 7.42 Å². The molecule has 77 valence electrons. The van der Waals surface area contributed by atoms with Crippen LogP contribution in [0.4, 0.5) is 0 Å². The van der Waals surface area contributed by atoms with Crippen molar-refractivity contribution in [1.29, 1.82) is 0 Å².